The highest BCUT2D eigenvalue weighted by molar-refractivity contribution is 5.66. The molecular weight excluding hydrogens is 287 g/mol. The lowest BCUT2D eigenvalue weighted by Gasteiger charge is -2.33. The first-order chi connectivity index (χ1) is 7.67. The lowest BCUT2D eigenvalue weighted by atomic mass is 10.00. The van der Waals surface area contributed by atoms with E-state index >= 15 is 0 Å². The number of hydrogen-bond donors (Lipinski definition) is 1. The third-order valence-corrected chi connectivity index (χ3v) is 1.86. The average Bonchev–Trinajstić information content (AvgIpc) is 2.12. The van der Waals surface area contributed by atoms with Crippen LogP contribution in [0.4, 0.5) is 39.5 Å². The molecule has 0 rings (SSSR count). The maximum absolute atomic E-state index is 12.6. The third kappa shape index (κ3) is 2.80. The Labute approximate surface area is 93.4 Å². The first kappa shape index (κ1) is 16.8. The first-order valence-electron chi connectivity index (χ1n) is 4.09. The Morgan fingerprint density at radius 3 is 1.50 bits per heavy atom. The summed E-state index contributed by atoms with van der Waals surface area (Å²) in [7, 11) is 0. The van der Waals surface area contributed by atoms with Gasteiger partial charge in [0.2, 0.25) is 0 Å². The van der Waals surface area contributed by atoms with Gasteiger partial charge in [0.15, 0.2) is 0 Å². The van der Waals surface area contributed by atoms with Crippen molar-refractivity contribution >= 4 is 5.97 Å². The van der Waals surface area contributed by atoms with E-state index in [0.717, 1.165) is 0 Å². The van der Waals surface area contributed by atoms with Gasteiger partial charge in [0.05, 0.1) is 6.42 Å². The normalized spacial score (nSPS) is 14.7. The van der Waals surface area contributed by atoms with Crippen molar-refractivity contribution in [2.75, 3.05) is 0 Å². The highest BCUT2D eigenvalue weighted by Gasteiger charge is 2.81. The maximum Gasteiger partial charge on any atom is 0.460 e. The second-order valence-electron chi connectivity index (χ2n) is 3.24. The van der Waals surface area contributed by atoms with E-state index in [4.69, 9.17) is 5.11 Å². The Morgan fingerprint density at radius 2 is 1.22 bits per heavy atom. The molecule has 0 aliphatic rings. The van der Waals surface area contributed by atoms with Gasteiger partial charge in [-0.3, -0.25) is 4.79 Å². The molecule has 0 unspecified atom stereocenters. The van der Waals surface area contributed by atoms with E-state index in [1.807, 2.05) is 0 Å². The molecule has 0 aromatic heterocycles. The van der Waals surface area contributed by atoms with Gasteiger partial charge < -0.3 is 5.11 Å². The molecule has 0 aromatic carbocycles. The zero-order valence-electron chi connectivity index (χ0n) is 8.17. The summed E-state index contributed by atoms with van der Waals surface area (Å²) in [4.78, 5) is 9.83. The fourth-order valence-corrected chi connectivity index (χ4v) is 0.829. The fraction of sp³-hybridized carbons (Fsp3) is 0.857. The van der Waals surface area contributed by atoms with E-state index in [-0.39, 0.29) is 0 Å². The lowest BCUT2D eigenvalue weighted by Crippen LogP contribution is -2.60. The standard InChI is InChI=1S/C7H5F9O2/c8-4(9,2-1-3(17)18)5(10,11)6(12,13)7(14,15)16/h1-2H2,(H,17,18). The summed E-state index contributed by atoms with van der Waals surface area (Å²) in [5, 5.41) is 7.92. The molecule has 18 heavy (non-hydrogen) atoms. The molecule has 0 amide bonds. The van der Waals surface area contributed by atoms with E-state index in [2.05, 4.69) is 0 Å². The van der Waals surface area contributed by atoms with Crippen LogP contribution in [0.3, 0.4) is 0 Å². The largest absolute Gasteiger partial charge is 0.481 e. The zero-order chi connectivity index (χ0) is 15.0. The second-order valence-corrected chi connectivity index (χ2v) is 3.24. The predicted molar refractivity (Wildman–Crippen MR) is 37.8 cm³/mol. The number of carbonyl (C=O) groups is 1. The Hall–Kier alpha value is -1.16. The molecule has 0 fully saturated rings. The van der Waals surface area contributed by atoms with Crippen LogP contribution in [0.1, 0.15) is 12.8 Å². The van der Waals surface area contributed by atoms with Crippen LogP contribution in [0.5, 0.6) is 0 Å². The van der Waals surface area contributed by atoms with Crippen molar-refractivity contribution < 1.29 is 49.4 Å². The summed E-state index contributed by atoms with van der Waals surface area (Å²) in [5.41, 5.74) is 0. The van der Waals surface area contributed by atoms with Crippen molar-refractivity contribution in [3.63, 3.8) is 0 Å². The van der Waals surface area contributed by atoms with Crippen LogP contribution in [-0.2, 0) is 4.79 Å². The van der Waals surface area contributed by atoms with E-state index in [1.54, 1.807) is 0 Å². The Morgan fingerprint density at radius 1 is 0.833 bits per heavy atom. The highest BCUT2D eigenvalue weighted by atomic mass is 19.4. The van der Waals surface area contributed by atoms with E-state index in [9.17, 15) is 44.3 Å². The van der Waals surface area contributed by atoms with Crippen molar-refractivity contribution in [1.82, 2.24) is 0 Å². The molecule has 0 heterocycles. The summed E-state index contributed by atoms with van der Waals surface area (Å²) in [6.45, 7) is 0. The van der Waals surface area contributed by atoms with Gasteiger partial charge in [-0.25, -0.2) is 0 Å². The minimum absolute atomic E-state index is 1.68. The van der Waals surface area contributed by atoms with E-state index in [1.165, 1.54) is 0 Å². The van der Waals surface area contributed by atoms with E-state index in [0.29, 0.717) is 0 Å². The second kappa shape index (κ2) is 4.50. The van der Waals surface area contributed by atoms with Gasteiger partial charge in [0.1, 0.15) is 0 Å². The van der Waals surface area contributed by atoms with Crippen molar-refractivity contribution in [2.24, 2.45) is 0 Å². The Bertz CT molecular complexity index is 319. The van der Waals surface area contributed by atoms with Crippen molar-refractivity contribution in [2.45, 2.75) is 36.8 Å². The minimum Gasteiger partial charge on any atom is -0.481 e. The maximum atomic E-state index is 12.6. The number of hydrogen-bond acceptors (Lipinski definition) is 1. The molecule has 0 aliphatic heterocycles. The smallest absolute Gasteiger partial charge is 0.460 e. The van der Waals surface area contributed by atoms with Crippen LogP contribution in [-0.4, -0.2) is 35.0 Å². The van der Waals surface area contributed by atoms with Crippen molar-refractivity contribution in [1.29, 1.82) is 0 Å². The molecule has 0 aliphatic carbocycles. The van der Waals surface area contributed by atoms with Gasteiger partial charge in [0.25, 0.3) is 0 Å². The predicted octanol–water partition coefficient (Wildman–Crippen LogP) is 3.32. The third-order valence-electron chi connectivity index (χ3n) is 1.86. The molecule has 0 saturated heterocycles. The summed E-state index contributed by atoms with van der Waals surface area (Å²) in [6, 6.07) is 0. The topological polar surface area (TPSA) is 37.3 Å². The van der Waals surface area contributed by atoms with Crippen LogP contribution < -0.4 is 0 Å². The molecule has 0 spiro atoms. The molecule has 1 N–H and O–H groups in total. The van der Waals surface area contributed by atoms with Crippen LogP contribution in [0, 0.1) is 0 Å². The molecule has 0 atom stereocenters. The molecule has 0 saturated carbocycles. The molecular formula is C7H5F9O2. The van der Waals surface area contributed by atoms with Gasteiger partial charge in [-0.15, -0.1) is 0 Å². The summed E-state index contributed by atoms with van der Waals surface area (Å²) in [6.07, 6.45) is -10.9. The molecule has 0 radical (unpaired) electrons. The quantitative estimate of drug-likeness (QED) is 0.789. The van der Waals surface area contributed by atoms with Crippen LogP contribution in [0.2, 0.25) is 0 Å². The van der Waals surface area contributed by atoms with Crippen molar-refractivity contribution in [3.05, 3.63) is 0 Å². The van der Waals surface area contributed by atoms with Crippen LogP contribution >= 0.6 is 0 Å². The van der Waals surface area contributed by atoms with E-state index < -0.39 is 42.8 Å². The number of aliphatic carboxylic acids is 1. The highest BCUT2D eigenvalue weighted by Crippen LogP contribution is 2.54. The van der Waals surface area contributed by atoms with Crippen molar-refractivity contribution in [3.8, 4) is 0 Å². The number of halogens is 9. The van der Waals surface area contributed by atoms with Gasteiger partial charge in [-0.05, 0) is 0 Å². The Balaban J connectivity index is 5.29. The van der Waals surface area contributed by atoms with Crippen LogP contribution in [0.25, 0.3) is 0 Å². The minimum atomic E-state index is -6.97. The summed E-state index contributed by atoms with van der Waals surface area (Å²) < 4.78 is 109. The zero-order valence-corrected chi connectivity index (χ0v) is 8.17. The lowest BCUT2D eigenvalue weighted by molar-refractivity contribution is -0.396. The van der Waals surface area contributed by atoms with Crippen LogP contribution in [0.15, 0.2) is 0 Å². The van der Waals surface area contributed by atoms with Gasteiger partial charge in [-0.1, -0.05) is 0 Å². The summed E-state index contributed by atoms with van der Waals surface area (Å²) in [5.74, 6) is -21.6. The van der Waals surface area contributed by atoms with Gasteiger partial charge in [0, 0.05) is 6.42 Å². The SMILES string of the molecule is O=C(O)CCC(F)(F)C(F)(F)C(F)(F)C(F)(F)F. The number of carboxylic acid groups (broad SMARTS) is 1. The monoisotopic (exact) mass is 292 g/mol. The average molecular weight is 292 g/mol. The number of alkyl halides is 9. The Kier molecular flexibility index (Phi) is 4.21. The number of carboxylic acids is 1. The summed E-state index contributed by atoms with van der Waals surface area (Å²) >= 11 is 0. The fourth-order valence-electron chi connectivity index (χ4n) is 0.829. The molecule has 108 valence electrons. The van der Waals surface area contributed by atoms with Gasteiger partial charge in [-0.2, -0.15) is 39.5 Å². The molecule has 0 aromatic rings. The van der Waals surface area contributed by atoms with Gasteiger partial charge >= 0.3 is 29.9 Å². The molecule has 0 bridgehead atoms. The first-order valence-corrected chi connectivity index (χ1v) is 4.09. The molecule has 11 heteroatoms. The number of rotatable bonds is 5. The molecule has 2 nitrogen and oxygen atoms in total.